The number of aromatic nitrogens is 1. The molecule has 4 rings (SSSR count). The molecule has 1 aromatic heterocycles. The van der Waals surface area contributed by atoms with E-state index in [1.807, 2.05) is 29.6 Å². The van der Waals surface area contributed by atoms with Crippen molar-refractivity contribution in [1.29, 1.82) is 0 Å². The number of piperidine rings is 1. The number of hydrogen-bond acceptors (Lipinski definition) is 5. The molecule has 0 saturated carbocycles. The van der Waals surface area contributed by atoms with Crippen molar-refractivity contribution in [3.8, 4) is 11.3 Å². The van der Waals surface area contributed by atoms with Gasteiger partial charge in [-0.15, -0.1) is 11.3 Å². The summed E-state index contributed by atoms with van der Waals surface area (Å²) in [5.74, 6) is -0.322. The molecule has 29 heavy (non-hydrogen) atoms. The minimum Gasteiger partial charge on any atom is -0.340 e. The third-order valence-corrected chi connectivity index (χ3v) is 6.11. The lowest BCUT2D eigenvalue weighted by Crippen LogP contribution is -2.47. The quantitative estimate of drug-likeness (QED) is 0.818. The number of rotatable bonds is 5. The molecule has 0 bridgehead atoms. The van der Waals surface area contributed by atoms with Crippen LogP contribution >= 0.6 is 11.3 Å². The van der Waals surface area contributed by atoms with Crippen LogP contribution in [-0.4, -0.2) is 58.7 Å². The van der Waals surface area contributed by atoms with Crippen LogP contribution in [0.4, 0.5) is 5.69 Å². The van der Waals surface area contributed by atoms with Gasteiger partial charge in [0.2, 0.25) is 17.7 Å². The maximum Gasteiger partial charge on any atom is 0.242 e. The average Bonchev–Trinajstić information content (AvgIpc) is 3.41. The summed E-state index contributed by atoms with van der Waals surface area (Å²) in [7, 11) is 0. The van der Waals surface area contributed by atoms with Crippen LogP contribution in [-0.2, 0) is 14.4 Å². The number of anilines is 1. The predicted molar refractivity (Wildman–Crippen MR) is 111 cm³/mol. The topological polar surface area (TPSA) is 82.6 Å². The van der Waals surface area contributed by atoms with Crippen molar-refractivity contribution in [3.05, 3.63) is 35.2 Å². The number of benzene rings is 1. The Kier molecular flexibility index (Phi) is 5.89. The molecule has 8 heteroatoms. The van der Waals surface area contributed by atoms with Gasteiger partial charge < -0.3 is 15.1 Å². The molecule has 2 aliphatic heterocycles. The lowest BCUT2D eigenvalue weighted by atomic mass is 9.97. The average molecular weight is 413 g/mol. The second kappa shape index (κ2) is 8.73. The molecular weight excluding hydrogens is 388 g/mol. The molecule has 2 saturated heterocycles. The van der Waals surface area contributed by atoms with Crippen LogP contribution in [0.1, 0.15) is 25.7 Å². The smallest absolute Gasteiger partial charge is 0.242 e. The van der Waals surface area contributed by atoms with E-state index in [1.54, 1.807) is 26.6 Å². The maximum atomic E-state index is 12.7. The van der Waals surface area contributed by atoms with Gasteiger partial charge in [0.25, 0.3) is 0 Å². The summed E-state index contributed by atoms with van der Waals surface area (Å²) < 4.78 is 0. The number of hydrogen-bond donors (Lipinski definition) is 1. The van der Waals surface area contributed by atoms with Gasteiger partial charge in [-0.2, -0.15) is 0 Å². The Balaban J connectivity index is 1.32. The molecule has 1 atom stereocenters. The third kappa shape index (κ3) is 4.64. The molecule has 7 nitrogen and oxygen atoms in total. The Morgan fingerprint density at radius 2 is 2.00 bits per heavy atom. The summed E-state index contributed by atoms with van der Waals surface area (Å²) >= 11 is 1.55. The van der Waals surface area contributed by atoms with E-state index in [4.69, 9.17) is 0 Å². The summed E-state index contributed by atoms with van der Waals surface area (Å²) in [6, 6.07) is 7.62. The Bertz CT molecular complexity index is 882. The van der Waals surface area contributed by atoms with Gasteiger partial charge in [-0.05, 0) is 31.4 Å². The molecule has 3 heterocycles. The zero-order chi connectivity index (χ0) is 20.2. The van der Waals surface area contributed by atoms with Crippen molar-refractivity contribution < 1.29 is 14.4 Å². The van der Waals surface area contributed by atoms with Gasteiger partial charge in [-0.3, -0.25) is 14.4 Å². The van der Waals surface area contributed by atoms with Crippen LogP contribution in [0.15, 0.2) is 35.2 Å². The molecule has 3 amide bonds. The number of nitrogens with one attached hydrogen (secondary N) is 1. The number of thiazole rings is 1. The van der Waals surface area contributed by atoms with Crippen molar-refractivity contribution >= 4 is 34.7 Å². The van der Waals surface area contributed by atoms with Gasteiger partial charge in [0.05, 0.1) is 23.7 Å². The van der Waals surface area contributed by atoms with E-state index >= 15 is 0 Å². The van der Waals surface area contributed by atoms with Gasteiger partial charge >= 0.3 is 0 Å². The highest BCUT2D eigenvalue weighted by atomic mass is 32.1. The second-order valence-corrected chi connectivity index (χ2v) is 8.26. The fourth-order valence-corrected chi connectivity index (χ4v) is 4.44. The van der Waals surface area contributed by atoms with Crippen LogP contribution in [0.3, 0.4) is 0 Å². The van der Waals surface area contributed by atoms with E-state index in [2.05, 4.69) is 10.3 Å². The normalized spacial score (nSPS) is 19.4. The molecule has 0 spiro atoms. The van der Waals surface area contributed by atoms with Gasteiger partial charge in [0.1, 0.15) is 0 Å². The summed E-state index contributed by atoms with van der Waals surface area (Å²) in [6.07, 6.45) is 2.90. The van der Waals surface area contributed by atoms with E-state index in [0.29, 0.717) is 26.1 Å². The first-order valence-corrected chi connectivity index (χ1v) is 10.9. The molecule has 152 valence electrons. The van der Waals surface area contributed by atoms with E-state index in [-0.39, 0.29) is 30.2 Å². The summed E-state index contributed by atoms with van der Waals surface area (Å²) in [5.41, 5.74) is 4.46. The van der Waals surface area contributed by atoms with Crippen LogP contribution in [0.5, 0.6) is 0 Å². The molecule has 0 aliphatic carbocycles. The zero-order valence-electron chi connectivity index (χ0n) is 16.2. The Morgan fingerprint density at radius 3 is 2.69 bits per heavy atom. The summed E-state index contributed by atoms with van der Waals surface area (Å²) in [6.45, 7) is 1.83. The lowest BCUT2D eigenvalue weighted by molar-refractivity contribution is -0.140. The fraction of sp³-hybridized carbons (Fsp3) is 0.429. The number of nitrogens with zero attached hydrogens (tertiary/aromatic N) is 3. The van der Waals surface area contributed by atoms with Gasteiger partial charge in [-0.1, -0.05) is 12.1 Å². The fourth-order valence-electron chi connectivity index (χ4n) is 3.88. The first kappa shape index (κ1) is 19.6. The van der Waals surface area contributed by atoms with Gasteiger partial charge in [0, 0.05) is 42.7 Å². The van der Waals surface area contributed by atoms with E-state index in [1.165, 1.54) is 0 Å². The standard InChI is InChI=1S/C21H24N4O3S/c26-19-4-2-10-25(19)12-20(27)24-9-1-3-16(11-24)21(28)23-17-7-5-15(6-8-17)18-13-29-14-22-18/h5-8,13-14,16H,1-4,9-12H2,(H,23,28). The van der Waals surface area contributed by atoms with Crippen LogP contribution in [0, 0.1) is 5.92 Å². The Labute approximate surface area is 173 Å². The lowest BCUT2D eigenvalue weighted by Gasteiger charge is -2.33. The highest BCUT2D eigenvalue weighted by Gasteiger charge is 2.30. The van der Waals surface area contributed by atoms with Crippen molar-refractivity contribution in [1.82, 2.24) is 14.8 Å². The van der Waals surface area contributed by atoms with Crippen molar-refractivity contribution in [2.24, 2.45) is 5.92 Å². The third-order valence-electron chi connectivity index (χ3n) is 5.52. The monoisotopic (exact) mass is 412 g/mol. The summed E-state index contributed by atoms with van der Waals surface area (Å²) in [5, 5.41) is 4.95. The van der Waals surface area contributed by atoms with Crippen molar-refractivity contribution in [2.45, 2.75) is 25.7 Å². The minimum atomic E-state index is -0.236. The maximum absolute atomic E-state index is 12.7. The Hall–Kier alpha value is -2.74. The van der Waals surface area contributed by atoms with E-state index in [9.17, 15) is 14.4 Å². The number of likely N-dealkylation sites (tertiary alicyclic amines) is 2. The molecule has 1 N–H and O–H groups in total. The largest absolute Gasteiger partial charge is 0.340 e. The number of carbonyl (C=O) groups is 3. The first-order valence-electron chi connectivity index (χ1n) is 9.95. The molecule has 2 fully saturated rings. The molecule has 2 aromatic rings. The van der Waals surface area contributed by atoms with Crippen LogP contribution < -0.4 is 5.32 Å². The van der Waals surface area contributed by atoms with Crippen LogP contribution in [0.2, 0.25) is 0 Å². The molecule has 2 aliphatic rings. The first-order chi connectivity index (χ1) is 14.1. The number of carbonyl (C=O) groups excluding carboxylic acids is 3. The number of amides is 3. The van der Waals surface area contributed by atoms with Gasteiger partial charge in [-0.25, -0.2) is 4.98 Å². The highest BCUT2D eigenvalue weighted by molar-refractivity contribution is 7.07. The molecular formula is C21H24N4O3S. The van der Waals surface area contributed by atoms with E-state index in [0.717, 1.165) is 36.2 Å². The SMILES string of the molecule is O=C(Nc1ccc(-c2cscn2)cc1)C1CCCN(C(=O)CN2CCCC2=O)C1. The highest BCUT2D eigenvalue weighted by Crippen LogP contribution is 2.23. The minimum absolute atomic E-state index is 0.0470. The predicted octanol–water partition coefficient (Wildman–Crippen LogP) is 2.61. The van der Waals surface area contributed by atoms with Gasteiger partial charge in [0.15, 0.2) is 0 Å². The zero-order valence-corrected chi connectivity index (χ0v) is 17.0. The van der Waals surface area contributed by atoms with E-state index < -0.39 is 0 Å². The molecule has 1 aromatic carbocycles. The van der Waals surface area contributed by atoms with Crippen molar-refractivity contribution in [3.63, 3.8) is 0 Å². The Morgan fingerprint density at radius 1 is 1.17 bits per heavy atom. The van der Waals surface area contributed by atoms with Crippen molar-refractivity contribution in [2.75, 3.05) is 31.5 Å². The summed E-state index contributed by atoms with van der Waals surface area (Å²) in [4.78, 5) is 44.7. The van der Waals surface area contributed by atoms with Crippen LogP contribution in [0.25, 0.3) is 11.3 Å². The molecule has 0 radical (unpaired) electrons. The molecule has 1 unspecified atom stereocenters. The second-order valence-electron chi connectivity index (χ2n) is 7.54.